The highest BCUT2D eigenvalue weighted by Gasteiger charge is 2.10. The topological polar surface area (TPSA) is 29.5 Å². The molecule has 2 rings (SSSR count). The normalized spacial score (nSPS) is 10.5. The first-order chi connectivity index (χ1) is 8.18. The maximum Gasteiger partial charge on any atom is 0.127 e. The zero-order valence-corrected chi connectivity index (χ0v) is 10.1. The van der Waals surface area contributed by atoms with Gasteiger partial charge in [-0.2, -0.15) is 0 Å². The number of hydrogen-bond donors (Lipinski definition) is 1. The van der Waals surface area contributed by atoms with Crippen molar-refractivity contribution in [2.75, 3.05) is 0 Å². The van der Waals surface area contributed by atoms with Crippen molar-refractivity contribution in [2.24, 2.45) is 0 Å². The van der Waals surface area contributed by atoms with Gasteiger partial charge in [0, 0.05) is 11.1 Å². The van der Waals surface area contributed by atoms with Crippen molar-refractivity contribution in [1.29, 1.82) is 0 Å². The number of rotatable bonds is 3. The molecule has 2 nitrogen and oxygen atoms in total. The molecule has 0 aliphatic rings. The predicted molar refractivity (Wildman–Crippen MR) is 69.3 cm³/mol. The molecule has 0 unspecified atom stereocenters. The first kappa shape index (κ1) is 11.5. The Kier molecular flexibility index (Phi) is 3.33. The molecule has 0 spiro atoms. The molecule has 0 bridgehead atoms. The average Bonchev–Trinajstić information content (AvgIpc) is 2.30. The zero-order valence-electron chi connectivity index (χ0n) is 10.1. The van der Waals surface area contributed by atoms with Gasteiger partial charge in [0.2, 0.25) is 0 Å². The monoisotopic (exact) mass is 228 g/mol. The molecule has 0 amide bonds. The third-order valence-corrected chi connectivity index (χ3v) is 2.44. The second-order valence-corrected chi connectivity index (χ2v) is 4.18. The Morgan fingerprint density at radius 2 is 1.47 bits per heavy atom. The minimum absolute atomic E-state index is 0.113. The fourth-order valence-corrected chi connectivity index (χ4v) is 1.75. The van der Waals surface area contributed by atoms with Gasteiger partial charge < -0.3 is 9.84 Å². The molecule has 0 aromatic heterocycles. The highest BCUT2D eigenvalue weighted by Crippen LogP contribution is 2.35. The third-order valence-electron chi connectivity index (χ3n) is 2.44. The van der Waals surface area contributed by atoms with E-state index in [9.17, 15) is 5.11 Å². The molecule has 0 fully saturated rings. The number of hydrogen-bond acceptors (Lipinski definition) is 2. The number of para-hydroxylation sites is 2. The summed E-state index contributed by atoms with van der Waals surface area (Å²) >= 11 is 0. The molecule has 0 heterocycles. The number of benzene rings is 2. The van der Waals surface area contributed by atoms with Crippen LogP contribution < -0.4 is 4.74 Å². The maximum atomic E-state index is 9.87. The highest BCUT2D eigenvalue weighted by molar-refractivity contribution is 5.75. The van der Waals surface area contributed by atoms with E-state index in [1.807, 2.05) is 56.3 Å². The summed E-state index contributed by atoms with van der Waals surface area (Å²) in [4.78, 5) is 0. The Balaban J connectivity index is 2.48. The first-order valence-electron chi connectivity index (χ1n) is 5.72. The standard InChI is InChI=1S/C15H16O2/c1-11(2)17-15-10-6-4-8-13(15)12-7-3-5-9-14(12)16/h3-11,16H,1-2H3. The van der Waals surface area contributed by atoms with Gasteiger partial charge in [0.05, 0.1) is 6.10 Å². The van der Waals surface area contributed by atoms with E-state index in [1.165, 1.54) is 0 Å². The second-order valence-electron chi connectivity index (χ2n) is 4.18. The van der Waals surface area contributed by atoms with Crippen molar-refractivity contribution in [3.8, 4) is 22.6 Å². The van der Waals surface area contributed by atoms with Crippen LogP contribution in [0.2, 0.25) is 0 Å². The summed E-state index contributed by atoms with van der Waals surface area (Å²) in [6.45, 7) is 3.98. The van der Waals surface area contributed by atoms with Crippen LogP contribution in [0.15, 0.2) is 48.5 Å². The average molecular weight is 228 g/mol. The summed E-state index contributed by atoms with van der Waals surface area (Å²) < 4.78 is 5.74. The Morgan fingerprint density at radius 1 is 0.882 bits per heavy atom. The Hall–Kier alpha value is -1.96. The molecule has 2 aromatic rings. The molecular formula is C15H16O2. The largest absolute Gasteiger partial charge is 0.507 e. The van der Waals surface area contributed by atoms with Gasteiger partial charge in [0.1, 0.15) is 11.5 Å². The van der Waals surface area contributed by atoms with Gasteiger partial charge in [0.15, 0.2) is 0 Å². The van der Waals surface area contributed by atoms with Gasteiger partial charge in [-0.3, -0.25) is 0 Å². The van der Waals surface area contributed by atoms with Crippen molar-refractivity contribution in [1.82, 2.24) is 0 Å². The molecule has 0 saturated heterocycles. The van der Waals surface area contributed by atoms with E-state index in [0.29, 0.717) is 0 Å². The van der Waals surface area contributed by atoms with Crippen LogP contribution in [-0.4, -0.2) is 11.2 Å². The van der Waals surface area contributed by atoms with E-state index in [1.54, 1.807) is 6.07 Å². The summed E-state index contributed by atoms with van der Waals surface area (Å²) in [5.41, 5.74) is 1.71. The van der Waals surface area contributed by atoms with Gasteiger partial charge in [-0.1, -0.05) is 36.4 Å². The molecular weight excluding hydrogens is 212 g/mol. The van der Waals surface area contributed by atoms with Crippen molar-refractivity contribution < 1.29 is 9.84 Å². The Labute approximate surface area is 101 Å². The van der Waals surface area contributed by atoms with Crippen LogP contribution in [0.5, 0.6) is 11.5 Å². The van der Waals surface area contributed by atoms with Crippen LogP contribution in [0, 0.1) is 0 Å². The second kappa shape index (κ2) is 4.91. The third kappa shape index (κ3) is 2.59. The van der Waals surface area contributed by atoms with Crippen LogP contribution in [0.1, 0.15) is 13.8 Å². The molecule has 2 heteroatoms. The van der Waals surface area contributed by atoms with Crippen molar-refractivity contribution in [3.63, 3.8) is 0 Å². The summed E-state index contributed by atoms with van der Waals surface area (Å²) in [7, 11) is 0. The molecule has 0 saturated carbocycles. The van der Waals surface area contributed by atoms with E-state index >= 15 is 0 Å². The van der Waals surface area contributed by atoms with Crippen LogP contribution in [-0.2, 0) is 0 Å². The lowest BCUT2D eigenvalue weighted by Gasteiger charge is -2.14. The van der Waals surface area contributed by atoms with Crippen molar-refractivity contribution >= 4 is 0 Å². The van der Waals surface area contributed by atoms with Crippen LogP contribution in [0.25, 0.3) is 11.1 Å². The Morgan fingerprint density at radius 3 is 2.12 bits per heavy atom. The van der Waals surface area contributed by atoms with E-state index in [0.717, 1.165) is 16.9 Å². The molecule has 0 radical (unpaired) electrons. The molecule has 0 aliphatic carbocycles. The number of phenolic OH excluding ortho intramolecular Hbond substituents is 1. The molecule has 2 aromatic carbocycles. The molecule has 0 aliphatic heterocycles. The summed E-state index contributed by atoms with van der Waals surface area (Å²) in [5, 5.41) is 9.87. The van der Waals surface area contributed by atoms with E-state index in [2.05, 4.69) is 0 Å². The van der Waals surface area contributed by atoms with Gasteiger partial charge in [-0.05, 0) is 26.0 Å². The van der Waals surface area contributed by atoms with E-state index < -0.39 is 0 Å². The number of aromatic hydroxyl groups is 1. The molecule has 0 atom stereocenters. The lowest BCUT2D eigenvalue weighted by atomic mass is 10.0. The zero-order chi connectivity index (χ0) is 12.3. The highest BCUT2D eigenvalue weighted by atomic mass is 16.5. The minimum Gasteiger partial charge on any atom is -0.507 e. The molecule has 17 heavy (non-hydrogen) atoms. The molecule has 88 valence electrons. The summed E-state index contributed by atoms with van der Waals surface area (Å²) in [6, 6.07) is 15.0. The fourth-order valence-electron chi connectivity index (χ4n) is 1.75. The summed E-state index contributed by atoms with van der Waals surface area (Å²) in [6.07, 6.45) is 0.113. The summed E-state index contributed by atoms with van der Waals surface area (Å²) in [5.74, 6) is 1.07. The number of phenols is 1. The van der Waals surface area contributed by atoms with E-state index in [-0.39, 0.29) is 11.9 Å². The minimum atomic E-state index is 0.113. The van der Waals surface area contributed by atoms with E-state index in [4.69, 9.17) is 4.74 Å². The maximum absolute atomic E-state index is 9.87. The van der Waals surface area contributed by atoms with Gasteiger partial charge in [-0.25, -0.2) is 0 Å². The Bertz CT molecular complexity index is 504. The molecule has 1 N–H and O–H groups in total. The predicted octanol–water partition coefficient (Wildman–Crippen LogP) is 3.85. The lowest BCUT2D eigenvalue weighted by molar-refractivity contribution is 0.243. The smallest absolute Gasteiger partial charge is 0.127 e. The van der Waals surface area contributed by atoms with Gasteiger partial charge in [0.25, 0.3) is 0 Å². The van der Waals surface area contributed by atoms with Crippen molar-refractivity contribution in [3.05, 3.63) is 48.5 Å². The van der Waals surface area contributed by atoms with Crippen LogP contribution in [0.3, 0.4) is 0 Å². The van der Waals surface area contributed by atoms with Crippen molar-refractivity contribution in [2.45, 2.75) is 20.0 Å². The van der Waals surface area contributed by atoms with Crippen LogP contribution in [0.4, 0.5) is 0 Å². The lowest BCUT2D eigenvalue weighted by Crippen LogP contribution is -2.06. The van der Waals surface area contributed by atoms with Crippen LogP contribution >= 0.6 is 0 Å². The quantitative estimate of drug-likeness (QED) is 0.864. The number of ether oxygens (including phenoxy) is 1. The first-order valence-corrected chi connectivity index (χ1v) is 5.72. The van der Waals surface area contributed by atoms with Gasteiger partial charge in [-0.15, -0.1) is 0 Å². The fraction of sp³-hybridized carbons (Fsp3) is 0.200. The SMILES string of the molecule is CC(C)Oc1ccccc1-c1ccccc1O. The van der Waals surface area contributed by atoms with Gasteiger partial charge >= 0.3 is 0 Å².